The minimum absolute atomic E-state index is 0. The number of hydrogen-bond donors (Lipinski definition) is 1. The van der Waals surface area contributed by atoms with E-state index in [9.17, 15) is 4.79 Å². The van der Waals surface area contributed by atoms with E-state index in [-0.39, 0.29) is 18.0 Å². The first-order chi connectivity index (χ1) is 5.81. The molecule has 2 fully saturated rings. The molecule has 0 aromatic heterocycles. The minimum Gasteiger partial charge on any atom is -0.374 e. The Hall–Kier alpha value is -0.120. The molecule has 0 aromatic carbocycles. The third-order valence-electron chi connectivity index (χ3n) is 2.82. The summed E-state index contributed by atoms with van der Waals surface area (Å²) in [6.45, 7) is 2.62. The number of carbonyl (C=O) groups excluding carboxylic acids is 1. The number of Topliss-reactive ketones (excluding diaryl/α,β-unsaturated/α-hetero) is 1. The molecular formula is C9H16ClNO2. The van der Waals surface area contributed by atoms with Gasteiger partial charge in [-0.1, -0.05) is 0 Å². The molecule has 0 aromatic rings. The van der Waals surface area contributed by atoms with Gasteiger partial charge >= 0.3 is 0 Å². The fraction of sp³-hybridized carbons (Fsp3) is 0.889. The van der Waals surface area contributed by atoms with E-state index in [2.05, 4.69) is 5.32 Å². The smallest absolute Gasteiger partial charge is 0.138 e. The Morgan fingerprint density at radius 3 is 2.62 bits per heavy atom. The van der Waals surface area contributed by atoms with Crippen LogP contribution in [0.3, 0.4) is 0 Å². The topological polar surface area (TPSA) is 38.3 Å². The van der Waals surface area contributed by atoms with Gasteiger partial charge in [0.2, 0.25) is 0 Å². The molecule has 3 nitrogen and oxygen atoms in total. The minimum atomic E-state index is -0.0828. The number of rotatable bonds is 0. The lowest BCUT2D eigenvalue weighted by Crippen LogP contribution is -2.48. The zero-order valence-electron chi connectivity index (χ0n) is 7.67. The predicted octanol–water partition coefficient (Wildman–Crippen LogP) is 0.910. The highest BCUT2D eigenvalue weighted by Crippen LogP contribution is 2.30. The average molecular weight is 206 g/mol. The summed E-state index contributed by atoms with van der Waals surface area (Å²) < 4.78 is 5.72. The van der Waals surface area contributed by atoms with E-state index in [1.165, 1.54) is 0 Å². The van der Waals surface area contributed by atoms with Gasteiger partial charge in [-0.25, -0.2) is 0 Å². The van der Waals surface area contributed by atoms with Gasteiger partial charge in [-0.15, -0.1) is 12.4 Å². The van der Waals surface area contributed by atoms with Gasteiger partial charge in [0.05, 0.1) is 12.2 Å². The number of carbonyl (C=O) groups is 1. The number of ether oxygens (including phenoxy) is 1. The molecule has 2 rings (SSSR count). The van der Waals surface area contributed by atoms with Crippen molar-refractivity contribution in [2.24, 2.45) is 0 Å². The van der Waals surface area contributed by atoms with E-state index in [0.29, 0.717) is 25.2 Å². The van der Waals surface area contributed by atoms with Crippen LogP contribution < -0.4 is 5.32 Å². The molecule has 76 valence electrons. The van der Waals surface area contributed by atoms with Gasteiger partial charge in [0.25, 0.3) is 0 Å². The monoisotopic (exact) mass is 205 g/mol. The summed E-state index contributed by atoms with van der Waals surface area (Å²) in [5.41, 5.74) is -0.0828. The third-order valence-corrected chi connectivity index (χ3v) is 2.82. The second kappa shape index (κ2) is 4.40. The number of nitrogens with one attached hydrogen (secondary N) is 1. The number of piperidine rings is 1. The SMILES string of the molecule is Cl.O=C1CCOC2(CCNCC2)C1. The van der Waals surface area contributed by atoms with Gasteiger partial charge in [-0.2, -0.15) is 0 Å². The third kappa shape index (κ3) is 2.42. The Kier molecular flexibility index (Phi) is 3.71. The molecule has 0 atom stereocenters. The second-order valence-corrected chi connectivity index (χ2v) is 3.75. The van der Waals surface area contributed by atoms with Gasteiger partial charge in [-0.3, -0.25) is 4.79 Å². The molecule has 1 spiro atoms. The lowest BCUT2D eigenvalue weighted by Gasteiger charge is -2.39. The zero-order chi connectivity index (χ0) is 8.44. The van der Waals surface area contributed by atoms with E-state index in [1.54, 1.807) is 0 Å². The maximum atomic E-state index is 11.2. The lowest BCUT2D eigenvalue weighted by molar-refractivity contribution is -0.143. The Morgan fingerprint density at radius 1 is 1.31 bits per heavy atom. The Morgan fingerprint density at radius 2 is 2.00 bits per heavy atom. The molecule has 0 unspecified atom stereocenters. The molecule has 2 aliphatic rings. The molecule has 13 heavy (non-hydrogen) atoms. The maximum absolute atomic E-state index is 11.2. The van der Waals surface area contributed by atoms with E-state index in [1.807, 2.05) is 0 Å². The molecule has 0 aliphatic carbocycles. The van der Waals surface area contributed by atoms with Crippen LogP contribution in [0, 0.1) is 0 Å². The van der Waals surface area contributed by atoms with Crippen molar-refractivity contribution in [1.29, 1.82) is 0 Å². The maximum Gasteiger partial charge on any atom is 0.138 e. The summed E-state index contributed by atoms with van der Waals surface area (Å²) in [6.07, 6.45) is 3.27. The first-order valence-corrected chi connectivity index (χ1v) is 4.67. The van der Waals surface area contributed by atoms with Gasteiger partial charge in [0.1, 0.15) is 5.78 Å². The van der Waals surface area contributed by atoms with Crippen LogP contribution in [0.4, 0.5) is 0 Å². The lowest BCUT2D eigenvalue weighted by atomic mass is 9.85. The van der Waals surface area contributed by atoms with Crippen LogP contribution in [0.1, 0.15) is 25.7 Å². The van der Waals surface area contributed by atoms with E-state index < -0.39 is 0 Å². The summed E-state index contributed by atoms with van der Waals surface area (Å²) >= 11 is 0. The molecule has 4 heteroatoms. The van der Waals surface area contributed by atoms with Gasteiger partial charge in [-0.05, 0) is 25.9 Å². The molecule has 0 saturated carbocycles. The molecule has 2 aliphatic heterocycles. The van der Waals surface area contributed by atoms with Crippen molar-refractivity contribution in [2.45, 2.75) is 31.3 Å². The van der Waals surface area contributed by atoms with Crippen molar-refractivity contribution in [3.8, 4) is 0 Å². The van der Waals surface area contributed by atoms with Gasteiger partial charge in [0, 0.05) is 12.8 Å². The first kappa shape index (κ1) is 11.0. The van der Waals surface area contributed by atoms with Gasteiger partial charge in [0.15, 0.2) is 0 Å². The van der Waals surface area contributed by atoms with Gasteiger partial charge < -0.3 is 10.1 Å². The number of halogens is 1. The predicted molar refractivity (Wildman–Crippen MR) is 52.3 cm³/mol. The summed E-state index contributed by atoms with van der Waals surface area (Å²) in [5, 5.41) is 3.28. The Balaban J connectivity index is 0.000000845. The summed E-state index contributed by atoms with van der Waals surface area (Å²) in [5.74, 6) is 0.378. The van der Waals surface area contributed by atoms with Crippen molar-refractivity contribution < 1.29 is 9.53 Å². The molecule has 0 amide bonds. The van der Waals surface area contributed by atoms with Crippen molar-refractivity contribution >= 4 is 18.2 Å². The highest BCUT2D eigenvalue weighted by Gasteiger charge is 2.37. The molecular weight excluding hydrogens is 190 g/mol. The molecule has 0 radical (unpaired) electrons. The Labute approximate surface area is 84.6 Å². The molecule has 2 saturated heterocycles. The van der Waals surface area contributed by atoms with Crippen LogP contribution in [0.2, 0.25) is 0 Å². The zero-order valence-corrected chi connectivity index (χ0v) is 8.49. The number of ketones is 1. The fourth-order valence-corrected chi connectivity index (χ4v) is 2.08. The fourth-order valence-electron chi connectivity index (χ4n) is 2.08. The quantitative estimate of drug-likeness (QED) is 0.639. The van der Waals surface area contributed by atoms with E-state index in [0.717, 1.165) is 25.9 Å². The largest absolute Gasteiger partial charge is 0.374 e. The van der Waals surface area contributed by atoms with E-state index >= 15 is 0 Å². The van der Waals surface area contributed by atoms with Crippen molar-refractivity contribution in [3.63, 3.8) is 0 Å². The van der Waals surface area contributed by atoms with E-state index in [4.69, 9.17) is 4.74 Å². The van der Waals surface area contributed by atoms with Crippen molar-refractivity contribution in [1.82, 2.24) is 5.32 Å². The first-order valence-electron chi connectivity index (χ1n) is 4.67. The molecule has 1 N–H and O–H groups in total. The summed E-state index contributed by atoms with van der Waals surface area (Å²) in [7, 11) is 0. The molecule has 2 heterocycles. The second-order valence-electron chi connectivity index (χ2n) is 3.75. The van der Waals surface area contributed by atoms with Crippen molar-refractivity contribution in [3.05, 3.63) is 0 Å². The normalized spacial score (nSPS) is 26.9. The molecule has 0 bridgehead atoms. The van der Waals surface area contributed by atoms with Crippen LogP contribution >= 0.6 is 12.4 Å². The van der Waals surface area contributed by atoms with Crippen molar-refractivity contribution in [2.75, 3.05) is 19.7 Å². The summed E-state index contributed by atoms with van der Waals surface area (Å²) in [6, 6.07) is 0. The highest BCUT2D eigenvalue weighted by atomic mass is 35.5. The van der Waals surface area contributed by atoms with Crippen LogP contribution in [0.5, 0.6) is 0 Å². The summed E-state index contributed by atoms with van der Waals surface area (Å²) in [4.78, 5) is 11.2. The average Bonchev–Trinajstić information content (AvgIpc) is 2.05. The van der Waals surface area contributed by atoms with Crippen LogP contribution in [0.15, 0.2) is 0 Å². The Bertz CT molecular complexity index is 185. The number of hydrogen-bond acceptors (Lipinski definition) is 3. The highest BCUT2D eigenvalue weighted by molar-refractivity contribution is 5.85. The van der Waals surface area contributed by atoms with Crippen LogP contribution in [-0.2, 0) is 9.53 Å². The van der Waals surface area contributed by atoms with Crippen LogP contribution in [0.25, 0.3) is 0 Å². The standard InChI is InChI=1S/C9H15NO2.ClH/c11-8-1-6-12-9(7-8)2-4-10-5-3-9;/h10H,1-7H2;1H. The van der Waals surface area contributed by atoms with Crippen LogP contribution in [-0.4, -0.2) is 31.1 Å².